The van der Waals surface area contributed by atoms with Gasteiger partial charge in [0, 0.05) is 27.9 Å². The van der Waals surface area contributed by atoms with Gasteiger partial charge < -0.3 is 4.48 Å². The fourth-order valence-electron chi connectivity index (χ4n) is 4.46. The number of halogens is 1. The van der Waals surface area contributed by atoms with Crippen molar-refractivity contribution in [2.45, 2.75) is 37.3 Å². The second kappa shape index (κ2) is 7.46. The lowest BCUT2D eigenvalue weighted by Gasteiger charge is -2.52. The molecule has 27 heavy (non-hydrogen) atoms. The smallest absolute Gasteiger partial charge is 0.297 e. The Kier molecular flexibility index (Phi) is 5.35. The molecule has 0 radical (unpaired) electrons. The van der Waals surface area contributed by atoms with Crippen LogP contribution in [0.5, 0.6) is 0 Å². The van der Waals surface area contributed by atoms with Gasteiger partial charge in [-0.1, -0.05) is 35.9 Å². The Morgan fingerprint density at radius 3 is 2.41 bits per heavy atom. The molecule has 0 amide bonds. The van der Waals surface area contributed by atoms with Crippen LogP contribution in [0.1, 0.15) is 24.0 Å². The molecule has 2 aromatic carbocycles. The quantitative estimate of drug-likeness (QED) is 0.354. The van der Waals surface area contributed by atoms with Crippen LogP contribution in [0.15, 0.2) is 53.4 Å². The van der Waals surface area contributed by atoms with Crippen molar-refractivity contribution >= 4 is 32.7 Å². The predicted octanol–water partition coefficient (Wildman–Crippen LogP) is 4.11. The number of rotatable bonds is 5. The molecule has 3 aliphatic heterocycles. The number of hydrogen-bond acceptors (Lipinski definition) is 3. The summed E-state index contributed by atoms with van der Waals surface area (Å²) in [7, 11) is -3.72. The van der Waals surface area contributed by atoms with Crippen molar-refractivity contribution in [3.63, 3.8) is 0 Å². The highest BCUT2D eigenvalue weighted by molar-refractivity contribution is 14.1. The highest BCUT2D eigenvalue weighted by atomic mass is 127. The van der Waals surface area contributed by atoms with Gasteiger partial charge in [-0.25, -0.2) is 0 Å². The molecule has 3 fully saturated rings. The zero-order valence-electron chi connectivity index (χ0n) is 15.5. The van der Waals surface area contributed by atoms with Crippen LogP contribution in [0.25, 0.3) is 0 Å². The summed E-state index contributed by atoms with van der Waals surface area (Å²) in [5.74, 6) is 0.347. The van der Waals surface area contributed by atoms with Crippen LogP contribution in [-0.2, 0) is 20.8 Å². The molecule has 144 valence electrons. The second-order valence-corrected chi connectivity index (χ2v) is 10.7. The summed E-state index contributed by atoms with van der Waals surface area (Å²) in [5.41, 5.74) is 2.39. The van der Waals surface area contributed by atoms with Crippen molar-refractivity contribution in [1.82, 2.24) is 0 Å². The predicted molar refractivity (Wildman–Crippen MR) is 114 cm³/mol. The van der Waals surface area contributed by atoms with Gasteiger partial charge in [0.2, 0.25) is 0 Å². The van der Waals surface area contributed by atoms with Gasteiger partial charge in [0.15, 0.2) is 0 Å². The van der Waals surface area contributed by atoms with Crippen molar-refractivity contribution in [2.75, 3.05) is 19.6 Å². The minimum Gasteiger partial charge on any atom is -0.318 e. The van der Waals surface area contributed by atoms with Gasteiger partial charge >= 0.3 is 0 Å². The third-order valence-corrected chi connectivity index (χ3v) is 8.47. The van der Waals surface area contributed by atoms with E-state index in [0.717, 1.165) is 49.1 Å². The summed E-state index contributed by atoms with van der Waals surface area (Å²) >= 11 is 2.39. The zero-order chi connectivity index (χ0) is 19.1. The van der Waals surface area contributed by atoms with Crippen molar-refractivity contribution in [3.05, 3.63) is 63.2 Å². The zero-order valence-corrected chi connectivity index (χ0v) is 18.4. The Morgan fingerprint density at radius 1 is 1.07 bits per heavy atom. The maximum absolute atomic E-state index is 12.8. The van der Waals surface area contributed by atoms with E-state index in [1.165, 1.54) is 9.13 Å². The van der Waals surface area contributed by atoms with Crippen LogP contribution in [0, 0.1) is 16.4 Å². The summed E-state index contributed by atoms with van der Waals surface area (Å²) in [5, 5.41) is 0. The van der Waals surface area contributed by atoms with E-state index in [9.17, 15) is 8.42 Å². The van der Waals surface area contributed by atoms with Gasteiger partial charge in [-0.3, -0.25) is 4.18 Å². The number of aryl methyl sites for hydroxylation is 1. The average Bonchev–Trinajstić information content (AvgIpc) is 2.64. The number of benzene rings is 2. The Balaban J connectivity index is 1.53. The number of fused-ring (bicyclic) bond motifs is 3. The molecule has 0 spiro atoms. The minimum absolute atomic E-state index is 0.222. The van der Waals surface area contributed by atoms with Crippen molar-refractivity contribution in [1.29, 1.82) is 0 Å². The first kappa shape index (κ1) is 19.4. The lowest BCUT2D eigenvalue weighted by atomic mass is 9.83. The molecule has 2 bridgehead atoms. The topological polar surface area (TPSA) is 43.4 Å². The summed E-state index contributed by atoms with van der Waals surface area (Å²) in [4.78, 5) is 0.258. The number of quaternary nitrogens is 1. The van der Waals surface area contributed by atoms with Gasteiger partial charge in [-0.2, -0.15) is 8.42 Å². The standard InChI is InChI=1S/C21H25INO3S/c1-16-6-8-19(9-7-16)27(24,25)26-21-15-23(12-10-17(21)11-13-23)14-18-4-2-3-5-20(18)22/h2-9,17,21H,10-15H2,1H3/q+1. The Hall–Kier alpha value is -0.960. The van der Waals surface area contributed by atoms with Gasteiger partial charge in [0.25, 0.3) is 10.1 Å². The summed E-state index contributed by atoms with van der Waals surface area (Å²) in [6, 6.07) is 15.4. The van der Waals surface area contributed by atoms with Crippen molar-refractivity contribution in [3.8, 4) is 0 Å². The number of piperidine rings is 3. The molecule has 0 aliphatic carbocycles. The first-order chi connectivity index (χ1) is 12.9. The fourth-order valence-corrected chi connectivity index (χ4v) is 6.15. The highest BCUT2D eigenvalue weighted by Gasteiger charge is 2.48. The second-order valence-electron chi connectivity index (χ2n) is 7.96. The molecule has 3 heterocycles. The Morgan fingerprint density at radius 2 is 1.74 bits per heavy atom. The number of nitrogens with zero attached hydrogens (tertiary/aromatic N) is 1. The molecule has 1 unspecified atom stereocenters. The monoisotopic (exact) mass is 498 g/mol. The normalized spacial score (nSPS) is 27.6. The summed E-state index contributed by atoms with van der Waals surface area (Å²) in [6.07, 6.45) is 1.86. The van der Waals surface area contributed by atoms with Crippen molar-refractivity contribution in [2.24, 2.45) is 5.92 Å². The molecule has 5 rings (SSSR count). The first-order valence-electron chi connectivity index (χ1n) is 9.45. The molecular formula is C21H25INO3S+. The van der Waals surface area contributed by atoms with E-state index < -0.39 is 10.1 Å². The van der Waals surface area contributed by atoms with E-state index in [2.05, 4.69) is 46.9 Å². The van der Waals surface area contributed by atoms with Crippen molar-refractivity contribution < 1.29 is 17.1 Å². The highest BCUT2D eigenvalue weighted by Crippen LogP contribution is 2.38. The maximum atomic E-state index is 12.8. The van der Waals surface area contributed by atoms with E-state index in [-0.39, 0.29) is 11.0 Å². The van der Waals surface area contributed by atoms with Crippen LogP contribution in [0.2, 0.25) is 0 Å². The van der Waals surface area contributed by atoms with E-state index in [1.54, 1.807) is 12.1 Å². The van der Waals surface area contributed by atoms with E-state index in [1.807, 2.05) is 19.1 Å². The van der Waals surface area contributed by atoms with Gasteiger partial charge in [-0.05, 0) is 47.7 Å². The van der Waals surface area contributed by atoms with Gasteiger partial charge in [-0.15, -0.1) is 0 Å². The molecule has 1 atom stereocenters. The molecule has 2 aromatic rings. The van der Waals surface area contributed by atoms with Crippen LogP contribution >= 0.6 is 22.6 Å². The van der Waals surface area contributed by atoms with Crippen LogP contribution in [-0.4, -0.2) is 38.6 Å². The fraction of sp³-hybridized carbons (Fsp3) is 0.429. The molecular weight excluding hydrogens is 473 g/mol. The minimum atomic E-state index is -3.72. The van der Waals surface area contributed by atoms with E-state index in [0.29, 0.717) is 5.92 Å². The largest absolute Gasteiger partial charge is 0.318 e. The van der Waals surface area contributed by atoms with Crippen LogP contribution in [0.4, 0.5) is 0 Å². The lowest BCUT2D eigenvalue weighted by Crippen LogP contribution is -2.63. The molecule has 3 aliphatic rings. The Labute approximate surface area is 175 Å². The first-order valence-corrected chi connectivity index (χ1v) is 11.9. The molecule has 6 heteroatoms. The number of hydrogen-bond donors (Lipinski definition) is 0. The molecule has 0 saturated carbocycles. The molecule has 3 saturated heterocycles. The maximum Gasteiger partial charge on any atom is 0.297 e. The molecule has 4 nitrogen and oxygen atoms in total. The molecule has 0 N–H and O–H groups in total. The van der Waals surface area contributed by atoms with Gasteiger partial charge in [0.1, 0.15) is 19.2 Å². The SMILES string of the molecule is Cc1ccc(S(=O)(=O)OC2C[N+]3(Cc4ccccc4I)CCC2CC3)cc1. The third kappa shape index (κ3) is 4.09. The Bertz CT molecular complexity index is 919. The van der Waals surface area contributed by atoms with Crippen LogP contribution in [0.3, 0.4) is 0 Å². The third-order valence-electron chi connectivity index (χ3n) is 6.07. The van der Waals surface area contributed by atoms with Gasteiger partial charge in [0.05, 0.1) is 18.0 Å². The lowest BCUT2D eigenvalue weighted by molar-refractivity contribution is -0.958. The van der Waals surface area contributed by atoms with E-state index in [4.69, 9.17) is 4.18 Å². The summed E-state index contributed by atoms with van der Waals surface area (Å²) in [6.45, 7) is 5.90. The molecule has 0 aromatic heterocycles. The van der Waals surface area contributed by atoms with E-state index >= 15 is 0 Å². The average molecular weight is 498 g/mol. The summed E-state index contributed by atoms with van der Waals surface area (Å²) < 4.78 is 33.5. The van der Waals surface area contributed by atoms with Crippen LogP contribution < -0.4 is 0 Å².